The van der Waals surface area contributed by atoms with Gasteiger partial charge in [-0.1, -0.05) is 19.8 Å². The number of ether oxygens (including phenoxy) is 1. The molecule has 14 nitrogen and oxygen atoms in total. The number of carboxylic acids is 1. The molecule has 0 aliphatic heterocycles. The maximum absolute atomic E-state index is 12.8. The number of fused-ring (bicyclic) bond motifs is 5. The normalized spacial score (nSPS) is 34.2. The highest BCUT2D eigenvalue weighted by Gasteiger charge is 2.71. The van der Waals surface area contributed by atoms with E-state index in [1.54, 1.807) is 6.07 Å². The van der Waals surface area contributed by atoms with Gasteiger partial charge in [-0.05, 0) is 106 Å². The highest BCUT2D eigenvalue weighted by molar-refractivity contribution is 5.83. The van der Waals surface area contributed by atoms with Crippen LogP contribution in [0.4, 0.5) is 0 Å². The van der Waals surface area contributed by atoms with E-state index in [-0.39, 0.29) is 74.4 Å². The molecule has 0 radical (unpaired) electrons. The van der Waals surface area contributed by atoms with Gasteiger partial charge in [0.15, 0.2) is 5.96 Å². The van der Waals surface area contributed by atoms with E-state index >= 15 is 0 Å². The third-order valence-corrected chi connectivity index (χ3v) is 13.4. The molecule has 4 saturated carbocycles. The summed E-state index contributed by atoms with van der Waals surface area (Å²) in [5.74, 6) is -1.99. The number of guanidine groups is 1. The van der Waals surface area contributed by atoms with Crippen LogP contribution in [0.2, 0.25) is 0 Å². The zero-order valence-electron chi connectivity index (χ0n) is 30.4. The quantitative estimate of drug-likeness (QED) is 0.0562. The first-order chi connectivity index (χ1) is 24.7. The van der Waals surface area contributed by atoms with E-state index in [0.29, 0.717) is 64.2 Å². The number of esters is 1. The number of nitrogens with one attached hydrogen (secondary N) is 1. The number of hydrogen-bond acceptors (Lipinski definition) is 10. The number of carbonyl (C=O) groups is 3. The number of hydrogen-bond donors (Lipinski definition) is 7. The minimum absolute atomic E-state index is 0.0410. The van der Waals surface area contributed by atoms with E-state index in [2.05, 4.69) is 17.2 Å². The fourth-order valence-corrected chi connectivity index (χ4v) is 10.7. The van der Waals surface area contributed by atoms with Crippen molar-refractivity contribution in [1.82, 2.24) is 5.32 Å². The van der Waals surface area contributed by atoms with E-state index in [4.69, 9.17) is 20.6 Å². The van der Waals surface area contributed by atoms with Gasteiger partial charge in [-0.25, -0.2) is 9.59 Å². The van der Waals surface area contributed by atoms with Gasteiger partial charge in [0.25, 0.3) is 0 Å². The largest absolute Gasteiger partial charge is 0.480 e. The molecule has 0 saturated heterocycles. The van der Waals surface area contributed by atoms with Crippen LogP contribution in [0.15, 0.2) is 32.6 Å². The molecule has 290 valence electrons. The Labute approximate surface area is 304 Å². The van der Waals surface area contributed by atoms with E-state index in [9.17, 15) is 39.6 Å². The van der Waals surface area contributed by atoms with Crippen LogP contribution in [0.25, 0.3) is 0 Å². The molecule has 1 heterocycles. The monoisotopic (exact) mass is 730 g/mol. The van der Waals surface area contributed by atoms with Gasteiger partial charge in [-0.15, -0.1) is 0 Å². The second-order valence-electron chi connectivity index (χ2n) is 16.1. The van der Waals surface area contributed by atoms with Gasteiger partial charge in [0, 0.05) is 42.7 Å². The summed E-state index contributed by atoms with van der Waals surface area (Å²) in [5.41, 5.74) is 7.64. The SMILES string of the molecule is C[C@]12CC[C@H]3[C@@H](CC[C@]4(O)C[C@@H](OC(=O)CCCCCCC(=O)N[C@@H](CCCN=C(N)N)C(=O)O)CC[C@]34CO)[C@@]1(O)CC[C@@H]2c1ccc(=O)oc1. The summed E-state index contributed by atoms with van der Waals surface area (Å²) >= 11 is 0. The Morgan fingerprint density at radius 1 is 0.981 bits per heavy atom. The number of nitrogens with zero attached hydrogens (tertiary/aromatic N) is 1. The predicted molar refractivity (Wildman–Crippen MR) is 191 cm³/mol. The number of carboxylic acid groups (broad SMARTS) is 1. The van der Waals surface area contributed by atoms with Crippen molar-refractivity contribution in [2.45, 2.75) is 145 Å². The summed E-state index contributed by atoms with van der Waals surface area (Å²) in [4.78, 5) is 52.1. The first-order valence-electron chi connectivity index (χ1n) is 19.1. The minimum atomic E-state index is -1.22. The second-order valence-corrected chi connectivity index (χ2v) is 16.1. The number of amides is 1. The fourth-order valence-electron chi connectivity index (χ4n) is 10.7. The molecule has 9 N–H and O–H groups in total. The Kier molecular flexibility index (Phi) is 12.4. The summed E-state index contributed by atoms with van der Waals surface area (Å²) in [7, 11) is 0. The molecule has 4 aliphatic rings. The van der Waals surface area contributed by atoms with Gasteiger partial charge in [0.1, 0.15) is 12.1 Å². The molecular weight excluding hydrogens is 672 g/mol. The lowest BCUT2D eigenvalue weighted by Crippen LogP contribution is -2.69. The summed E-state index contributed by atoms with van der Waals surface area (Å²) < 4.78 is 11.1. The highest BCUT2D eigenvalue weighted by Crippen LogP contribution is 2.71. The number of carbonyl (C=O) groups excluding carboxylic acids is 2. The van der Waals surface area contributed by atoms with Crippen molar-refractivity contribution >= 4 is 23.8 Å². The lowest BCUT2D eigenvalue weighted by atomic mass is 9.41. The Balaban J connectivity index is 1.07. The van der Waals surface area contributed by atoms with Gasteiger partial charge in [0.05, 0.1) is 24.1 Å². The van der Waals surface area contributed by atoms with Crippen LogP contribution in [0, 0.1) is 22.7 Å². The second kappa shape index (κ2) is 16.3. The fraction of sp³-hybridized carbons (Fsp3) is 0.763. The van der Waals surface area contributed by atoms with Crippen molar-refractivity contribution in [3.63, 3.8) is 0 Å². The molecule has 5 rings (SSSR count). The molecular formula is C38H58N4O10. The number of aliphatic hydroxyl groups is 3. The molecule has 14 heteroatoms. The smallest absolute Gasteiger partial charge is 0.335 e. The zero-order valence-corrected chi connectivity index (χ0v) is 30.4. The van der Waals surface area contributed by atoms with Crippen molar-refractivity contribution in [1.29, 1.82) is 0 Å². The van der Waals surface area contributed by atoms with E-state index < -0.39 is 45.8 Å². The van der Waals surface area contributed by atoms with Crippen LogP contribution in [0.5, 0.6) is 0 Å². The Morgan fingerprint density at radius 2 is 1.71 bits per heavy atom. The van der Waals surface area contributed by atoms with Crippen molar-refractivity contribution in [2.24, 2.45) is 39.1 Å². The van der Waals surface area contributed by atoms with E-state index in [0.717, 1.165) is 24.8 Å². The van der Waals surface area contributed by atoms with Gasteiger partial charge >= 0.3 is 17.6 Å². The van der Waals surface area contributed by atoms with Crippen LogP contribution in [-0.2, 0) is 19.1 Å². The average Bonchev–Trinajstić information content (AvgIpc) is 3.38. The first-order valence-corrected chi connectivity index (χ1v) is 19.1. The molecule has 0 aromatic carbocycles. The van der Waals surface area contributed by atoms with E-state index in [1.165, 1.54) is 12.3 Å². The molecule has 4 aliphatic carbocycles. The third kappa shape index (κ3) is 7.89. The molecule has 1 amide bonds. The van der Waals surface area contributed by atoms with E-state index in [1.807, 2.05) is 0 Å². The number of aliphatic carboxylic acids is 1. The van der Waals surface area contributed by atoms with Crippen LogP contribution >= 0.6 is 0 Å². The third-order valence-electron chi connectivity index (χ3n) is 13.4. The Hall–Kier alpha value is -3.49. The Bertz CT molecular complexity index is 1510. The topological polar surface area (TPSA) is 248 Å². The van der Waals surface area contributed by atoms with Crippen molar-refractivity contribution in [3.05, 3.63) is 34.4 Å². The Morgan fingerprint density at radius 3 is 2.38 bits per heavy atom. The lowest BCUT2D eigenvalue weighted by Gasteiger charge is -2.66. The number of nitrogens with two attached hydrogens (primary N) is 2. The predicted octanol–water partition coefficient (Wildman–Crippen LogP) is 2.84. The van der Waals surface area contributed by atoms with Crippen molar-refractivity contribution in [3.8, 4) is 0 Å². The molecule has 0 unspecified atom stereocenters. The van der Waals surface area contributed by atoms with Gasteiger partial charge in [-0.3, -0.25) is 14.6 Å². The molecule has 1 aromatic heterocycles. The van der Waals surface area contributed by atoms with Crippen LogP contribution in [0.3, 0.4) is 0 Å². The van der Waals surface area contributed by atoms with Crippen LogP contribution in [0.1, 0.15) is 128 Å². The molecule has 1 aromatic rings. The maximum atomic E-state index is 12.8. The van der Waals surface area contributed by atoms with Gasteiger partial charge in [-0.2, -0.15) is 0 Å². The zero-order chi connectivity index (χ0) is 37.7. The molecule has 0 spiro atoms. The summed E-state index contributed by atoms with van der Waals surface area (Å²) in [6.07, 6.45) is 9.78. The van der Waals surface area contributed by atoms with Crippen LogP contribution in [-0.4, -0.2) is 80.7 Å². The molecule has 52 heavy (non-hydrogen) atoms. The summed E-state index contributed by atoms with van der Waals surface area (Å²) in [5, 5.41) is 47.7. The highest BCUT2D eigenvalue weighted by atomic mass is 16.5. The average molecular weight is 731 g/mol. The number of aliphatic imine (C=N–C) groups is 1. The maximum Gasteiger partial charge on any atom is 0.335 e. The molecule has 0 bridgehead atoms. The number of rotatable bonds is 16. The van der Waals surface area contributed by atoms with Crippen molar-refractivity contribution in [2.75, 3.05) is 13.2 Å². The molecule has 9 atom stereocenters. The van der Waals surface area contributed by atoms with Gasteiger partial charge < -0.3 is 46.4 Å². The lowest BCUT2D eigenvalue weighted by molar-refractivity contribution is -0.269. The minimum Gasteiger partial charge on any atom is -0.480 e. The summed E-state index contributed by atoms with van der Waals surface area (Å²) in [6.45, 7) is 2.23. The van der Waals surface area contributed by atoms with Crippen molar-refractivity contribution < 1.29 is 44.0 Å². The first kappa shape index (κ1) is 39.7. The summed E-state index contributed by atoms with van der Waals surface area (Å²) in [6, 6.07) is 2.23. The van der Waals surface area contributed by atoms with Crippen LogP contribution < -0.4 is 22.4 Å². The number of unbranched alkanes of at least 4 members (excludes halogenated alkanes) is 3. The number of aliphatic hydroxyl groups excluding tert-OH is 1. The molecule has 4 fully saturated rings. The standard InChI is InChI=1S/C38H58N4O10/c1-35-16-13-27-28(38(35,50)19-15-26(35)24-10-11-31(45)51-22-24)14-18-37(49)21-25(12-17-36(27,37)23-43)52-32(46)9-5-3-2-4-8-30(44)42-29(33(47)48)7-6-20-41-34(39)40/h10-11,22,25-29,43,49-50H,2-9,12-21,23H2,1H3,(H,42,44)(H,47,48)(H4,39,40,41)/t25-,26+,27-,28+,29-,35+,36-,37-,38-/m0/s1. The van der Waals surface area contributed by atoms with Gasteiger partial charge in [0.2, 0.25) is 5.91 Å².